The summed E-state index contributed by atoms with van der Waals surface area (Å²) in [5.41, 5.74) is 2.02. The molecule has 1 aromatic rings. The molecule has 1 aromatic carbocycles. The molecule has 0 spiro atoms. The van der Waals surface area contributed by atoms with Crippen molar-refractivity contribution < 1.29 is 12.8 Å². The summed E-state index contributed by atoms with van der Waals surface area (Å²) in [6.45, 7) is 2.28. The molecule has 0 saturated carbocycles. The summed E-state index contributed by atoms with van der Waals surface area (Å²) in [5.74, 6) is -0.229. The van der Waals surface area contributed by atoms with Crippen LogP contribution in [0.15, 0.2) is 18.2 Å². The highest BCUT2D eigenvalue weighted by Gasteiger charge is 2.28. The third-order valence-corrected chi connectivity index (χ3v) is 5.04. The van der Waals surface area contributed by atoms with Gasteiger partial charge in [-0.15, -0.1) is 0 Å². The number of piperidine rings is 1. The van der Waals surface area contributed by atoms with E-state index >= 15 is 0 Å². The molecule has 2 atom stereocenters. The largest absolute Gasteiger partial charge is 0.312 e. The number of halogens is 1. The van der Waals surface area contributed by atoms with Crippen molar-refractivity contribution in [1.82, 2.24) is 5.32 Å². The Balaban J connectivity index is 1.96. The molecule has 0 radical (unpaired) electrons. The molecule has 1 heterocycles. The zero-order valence-corrected chi connectivity index (χ0v) is 11.7. The Kier molecular flexibility index (Phi) is 4.23. The van der Waals surface area contributed by atoms with Gasteiger partial charge in [-0.25, -0.2) is 17.9 Å². The average molecular weight is 286 g/mol. The summed E-state index contributed by atoms with van der Waals surface area (Å²) in [5, 5.41) is 7.86. The zero-order valence-electron chi connectivity index (χ0n) is 10.9. The molecule has 1 aliphatic heterocycles. The van der Waals surface area contributed by atoms with Gasteiger partial charge in [-0.1, -0.05) is 6.07 Å². The van der Waals surface area contributed by atoms with Crippen LogP contribution in [0.2, 0.25) is 0 Å². The van der Waals surface area contributed by atoms with Crippen molar-refractivity contribution in [3.8, 4) is 0 Å². The third kappa shape index (κ3) is 3.75. The first-order valence-electron chi connectivity index (χ1n) is 6.36. The quantitative estimate of drug-likeness (QED) is 0.873. The fourth-order valence-corrected chi connectivity index (χ4v) is 3.29. The Morgan fingerprint density at radius 1 is 1.42 bits per heavy atom. The molecule has 4 nitrogen and oxygen atoms in total. The normalized spacial score (nSPS) is 24.4. The Morgan fingerprint density at radius 3 is 2.68 bits per heavy atom. The summed E-state index contributed by atoms with van der Waals surface area (Å²) in [4.78, 5) is 0. The highest BCUT2D eigenvalue weighted by Crippen LogP contribution is 2.19. The number of hydrogen-bond acceptors (Lipinski definition) is 3. The van der Waals surface area contributed by atoms with Gasteiger partial charge in [-0.3, -0.25) is 0 Å². The minimum Gasteiger partial charge on any atom is -0.312 e. The van der Waals surface area contributed by atoms with E-state index in [1.165, 1.54) is 12.1 Å². The first-order valence-corrected chi connectivity index (χ1v) is 7.97. The summed E-state index contributed by atoms with van der Waals surface area (Å²) < 4.78 is 35.5. The maximum Gasteiger partial charge on any atom is 0.213 e. The van der Waals surface area contributed by atoms with Crippen LogP contribution in [0.25, 0.3) is 0 Å². The minimum atomic E-state index is -3.45. The molecule has 0 aliphatic carbocycles. The van der Waals surface area contributed by atoms with Gasteiger partial charge in [-0.05, 0) is 49.4 Å². The Morgan fingerprint density at radius 2 is 2.16 bits per heavy atom. The number of benzene rings is 1. The molecule has 2 unspecified atom stereocenters. The second-order valence-corrected chi connectivity index (χ2v) is 7.01. The molecular weight excluding hydrogens is 267 g/mol. The van der Waals surface area contributed by atoms with Crippen LogP contribution in [0.4, 0.5) is 4.39 Å². The Hall–Kier alpha value is -0.980. The molecule has 106 valence electrons. The van der Waals surface area contributed by atoms with Crippen LogP contribution in [0, 0.1) is 12.7 Å². The van der Waals surface area contributed by atoms with Crippen molar-refractivity contribution in [2.75, 3.05) is 6.54 Å². The highest BCUT2D eigenvalue weighted by molar-refractivity contribution is 7.89. The van der Waals surface area contributed by atoms with Crippen LogP contribution in [-0.4, -0.2) is 26.3 Å². The summed E-state index contributed by atoms with van der Waals surface area (Å²) in [6, 6.07) is 4.99. The minimum absolute atomic E-state index is 0.224. The zero-order chi connectivity index (χ0) is 14.0. The van der Waals surface area contributed by atoms with E-state index in [2.05, 4.69) is 5.32 Å². The molecule has 0 amide bonds. The smallest absolute Gasteiger partial charge is 0.213 e. The topological polar surface area (TPSA) is 72.2 Å². The fourth-order valence-electron chi connectivity index (χ4n) is 2.50. The van der Waals surface area contributed by atoms with Gasteiger partial charge in [0.1, 0.15) is 5.82 Å². The van der Waals surface area contributed by atoms with E-state index in [-0.39, 0.29) is 11.9 Å². The highest BCUT2D eigenvalue weighted by atomic mass is 32.2. The summed E-state index contributed by atoms with van der Waals surface area (Å²) in [7, 11) is -3.45. The van der Waals surface area contributed by atoms with E-state index in [1.54, 1.807) is 6.07 Å². The van der Waals surface area contributed by atoms with Crippen molar-refractivity contribution in [2.24, 2.45) is 5.14 Å². The Bertz CT molecular complexity index is 552. The molecule has 2 rings (SSSR count). The number of nitrogens with two attached hydrogens (primary N) is 1. The van der Waals surface area contributed by atoms with Gasteiger partial charge in [-0.2, -0.15) is 0 Å². The van der Waals surface area contributed by atoms with Crippen molar-refractivity contribution in [3.63, 3.8) is 0 Å². The van der Waals surface area contributed by atoms with E-state index in [4.69, 9.17) is 5.14 Å². The molecular formula is C13H19FN2O2S. The van der Waals surface area contributed by atoms with Gasteiger partial charge in [0.15, 0.2) is 0 Å². The number of primary sulfonamides is 1. The van der Waals surface area contributed by atoms with Crippen molar-refractivity contribution in [1.29, 1.82) is 0 Å². The SMILES string of the molecule is Cc1cc(F)ccc1CC1CCC(S(N)(=O)=O)CN1. The van der Waals surface area contributed by atoms with Crippen molar-refractivity contribution in [3.05, 3.63) is 35.1 Å². The van der Waals surface area contributed by atoms with Gasteiger partial charge in [0.2, 0.25) is 10.0 Å². The predicted octanol–water partition coefficient (Wildman–Crippen LogP) is 1.09. The fraction of sp³-hybridized carbons (Fsp3) is 0.538. The molecule has 1 fully saturated rings. The second kappa shape index (κ2) is 5.56. The maximum absolute atomic E-state index is 13.0. The van der Waals surface area contributed by atoms with Crippen LogP contribution in [-0.2, 0) is 16.4 Å². The van der Waals surface area contributed by atoms with Crippen molar-refractivity contribution in [2.45, 2.75) is 37.5 Å². The lowest BCUT2D eigenvalue weighted by molar-refractivity contribution is 0.395. The average Bonchev–Trinajstić information content (AvgIpc) is 2.32. The Labute approximate surface area is 113 Å². The summed E-state index contributed by atoms with van der Waals surface area (Å²) >= 11 is 0. The van der Waals surface area contributed by atoms with Gasteiger partial charge < -0.3 is 5.32 Å². The van der Waals surface area contributed by atoms with E-state index < -0.39 is 15.3 Å². The molecule has 19 heavy (non-hydrogen) atoms. The number of sulfonamides is 1. The monoisotopic (exact) mass is 286 g/mol. The number of nitrogens with one attached hydrogen (secondary N) is 1. The molecule has 0 bridgehead atoms. The van der Waals surface area contributed by atoms with Crippen LogP contribution in [0.1, 0.15) is 24.0 Å². The van der Waals surface area contributed by atoms with Gasteiger partial charge in [0, 0.05) is 12.6 Å². The number of rotatable bonds is 3. The van der Waals surface area contributed by atoms with E-state index in [1.807, 2.05) is 6.92 Å². The van der Waals surface area contributed by atoms with Crippen LogP contribution in [0.5, 0.6) is 0 Å². The predicted molar refractivity (Wildman–Crippen MR) is 72.8 cm³/mol. The first-order chi connectivity index (χ1) is 8.86. The third-order valence-electron chi connectivity index (χ3n) is 3.71. The molecule has 6 heteroatoms. The molecule has 1 saturated heterocycles. The maximum atomic E-state index is 13.0. The molecule has 1 aliphatic rings. The van der Waals surface area contributed by atoms with E-state index in [0.29, 0.717) is 13.0 Å². The lowest BCUT2D eigenvalue weighted by atomic mass is 9.95. The van der Waals surface area contributed by atoms with Gasteiger partial charge >= 0.3 is 0 Å². The number of aryl methyl sites for hydroxylation is 1. The first kappa shape index (κ1) is 14.4. The van der Waals surface area contributed by atoms with Gasteiger partial charge in [0.05, 0.1) is 5.25 Å². The van der Waals surface area contributed by atoms with Crippen LogP contribution >= 0.6 is 0 Å². The second-order valence-electron chi connectivity index (χ2n) is 5.17. The lowest BCUT2D eigenvalue weighted by Gasteiger charge is -2.29. The van der Waals surface area contributed by atoms with E-state index in [9.17, 15) is 12.8 Å². The standard InChI is InChI=1S/C13H19FN2O2S/c1-9-6-11(14)3-2-10(9)7-12-4-5-13(8-16-12)19(15,17)18/h2-3,6,12-13,16H,4-5,7-8H2,1H3,(H2,15,17,18). The molecule has 3 N–H and O–H groups in total. The number of hydrogen-bond donors (Lipinski definition) is 2. The summed E-state index contributed by atoms with van der Waals surface area (Å²) in [6.07, 6.45) is 2.12. The van der Waals surface area contributed by atoms with Crippen LogP contribution < -0.4 is 10.5 Å². The molecule has 0 aromatic heterocycles. The van der Waals surface area contributed by atoms with Crippen LogP contribution in [0.3, 0.4) is 0 Å². The van der Waals surface area contributed by atoms with Crippen molar-refractivity contribution >= 4 is 10.0 Å². The lowest BCUT2D eigenvalue weighted by Crippen LogP contribution is -2.47. The van der Waals surface area contributed by atoms with Gasteiger partial charge in [0.25, 0.3) is 0 Å². The van der Waals surface area contributed by atoms with E-state index in [0.717, 1.165) is 24.0 Å².